The van der Waals surface area contributed by atoms with Gasteiger partial charge in [-0.2, -0.15) is 0 Å². The second-order valence-corrected chi connectivity index (χ2v) is 4.49. The van der Waals surface area contributed by atoms with Crippen LogP contribution in [0.2, 0.25) is 0 Å². The van der Waals surface area contributed by atoms with Crippen LogP contribution in [0.3, 0.4) is 0 Å². The Morgan fingerprint density at radius 2 is 1.80 bits per heavy atom. The van der Waals surface area contributed by atoms with E-state index in [0.29, 0.717) is 32.9 Å². The van der Waals surface area contributed by atoms with E-state index in [1.165, 1.54) is 6.08 Å². The van der Waals surface area contributed by atoms with Crippen molar-refractivity contribution in [1.29, 1.82) is 0 Å². The molecule has 0 N–H and O–H groups in total. The Hall–Kier alpha value is -2.68. The molecule has 3 nitrogen and oxygen atoms in total. The van der Waals surface area contributed by atoms with E-state index in [9.17, 15) is 9.59 Å². The summed E-state index contributed by atoms with van der Waals surface area (Å²) in [6.07, 6.45) is 4.84. The van der Waals surface area contributed by atoms with E-state index in [1.807, 2.05) is 6.07 Å². The van der Waals surface area contributed by atoms with Gasteiger partial charge in [-0.25, -0.2) is 4.79 Å². The molecule has 1 aliphatic rings. The van der Waals surface area contributed by atoms with E-state index < -0.39 is 5.63 Å². The topological polar surface area (TPSA) is 47.3 Å². The number of hydrogen-bond donors (Lipinski definition) is 0. The lowest BCUT2D eigenvalue weighted by molar-refractivity contribution is 0.104. The molecule has 2 aromatic rings. The molecule has 0 saturated heterocycles. The molecule has 0 unspecified atom stereocenters. The van der Waals surface area contributed by atoms with Crippen LogP contribution in [0, 0.1) is 0 Å². The summed E-state index contributed by atoms with van der Waals surface area (Å²) < 4.78 is 5.37. The lowest BCUT2D eigenvalue weighted by Gasteiger charge is -1.99. The van der Waals surface area contributed by atoms with Crippen LogP contribution in [0.4, 0.5) is 0 Å². The first-order valence-electron chi connectivity index (χ1n) is 6.29. The highest BCUT2D eigenvalue weighted by molar-refractivity contribution is 6.20. The number of carbonyl (C=O) groups is 1. The van der Waals surface area contributed by atoms with E-state index >= 15 is 0 Å². The molecule has 0 amide bonds. The average molecular weight is 264 g/mol. The largest absolute Gasteiger partial charge is 0.421 e. The van der Waals surface area contributed by atoms with Crippen LogP contribution in [-0.2, 0) is 0 Å². The van der Waals surface area contributed by atoms with Crippen molar-refractivity contribution >= 4 is 17.9 Å². The van der Waals surface area contributed by atoms with Crippen LogP contribution >= 0.6 is 0 Å². The molecule has 1 heterocycles. The summed E-state index contributed by atoms with van der Waals surface area (Å²) in [5.41, 5.74) is 1.25. The smallest absolute Gasteiger partial charge is 0.344 e. The molecule has 0 radical (unpaired) electrons. The predicted octanol–water partition coefficient (Wildman–Crippen LogP) is 1.62. The Balaban J connectivity index is 2.56. The maximum absolute atomic E-state index is 12.5. The summed E-state index contributed by atoms with van der Waals surface area (Å²) in [7, 11) is 0. The molecule has 0 saturated carbocycles. The molecule has 0 aliphatic heterocycles. The molecule has 0 fully saturated rings. The van der Waals surface area contributed by atoms with Crippen LogP contribution in [-0.4, -0.2) is 5.78 Å². The maximum atomic E-state index is 12.5. The molecular formula is C17H12O3. The number of ketones is 1. The minimum absolute atomic E-state index is 0.105. The number of fused-ring (bicyclic) bond motifs is 3. The van der Waals surface area contributed by atoms with Crippen LogP contribution < -0.4 is 16.1 Å². The number of benzene rings is 1. The van der Waals surface area contributed by atoms with Gasteiger partial charge in [0.1, 0.15) is 0 Å². The van der Waals surface area contributed by atoms with Crippen molar-refractivity contribution in [3.05, 3.63) is 68.9 Å². The van der Waals surface area contributed by atoms with Gasteiger partial charge in [-0.15, -0.1) is 0 Å². The molecule has 98 valence electrons. The third-order valence-electron chi connectivity index (χ3n) is 3.42. The predicted molar refractivity (Wildman–Crippen MR) is 77.9 cm³/mol. The van der Waals surface area contributed by atoms with E-state index in [1.54, 1.807) is 37.3 Å². The molecule has 1 aromatic carbocycles. The highest BCUT2D eigenvalue weighted by Gasteiger charge is 2.30. The first-order chi connectivity index (χ1) is 9.69. The second-order valence-electron chi connectivity index (χ2n) is 4.49. The highest BCUT2D eigenvalue weighted by Crippen LogP contribution is 2.33. The summed E-state index contributed by atoms with van der Waals surface area (Å²) in [4.78, 5) is 24.6. The molecular weight excluding hydrogens is 252 g/mol. The number of allylic oxidation sites excluding steroid dienone is 1. The Morgan fingerprint density at radius 3 is 2.45 bits per heavy atom. The standard InChI is InChI=1S/C17H12O3/c1-3-7-13-10(4-2)14-15(18)11-8-5-6-9-12(11)16(14)20-17(13)19/h3-9H,1H2,2H3/b10-4+,13-7+. The second kappa shape index (κ2) is 4.46. The third kappa shape index (κ3) is 1.53. The summed E-state index contributed by atoms with van der Waals surface area (Å²) in [5, 5.41) is 0.972. The van der Waals surface area contributed by atoms with Gasteiger partial charge in [0.05, 0.1) is 10.8 Å². The van der Waals surface area contributed by atoms with Crippen molar-refractivity contribution in [3.63, 3.8) is 0 Å². The Kier molecular flexibility index (Phi) is 2.75. The maximum Gasteiger partial charge on any atom is 0.344 e. The molecule has 0 bridgehead atoms. The van der Waals surface area contributed by atoms with Gasteiger partial charge in [0.2, 0.25) is 0 Å². The SMILES string of the molecule is C=C/C=c1/c(=O)oc2c(/c1=C/C)C(=O)c1ccccc1-2. The van der Waals surface area contributed by atoms with E-state index in [4.69, 9.17) is 4.42 Å². The molecule has 0 spiro atoms. The van der Waals surface area contributed by atoms with Crippen molar-refractivity contribution < 1.29 is 9.21 Å². The summed E-state index contributed by atoms with van der Waals surface area (Å²) in [6, 6.07) is 7.15. The number of rotatable bonds is 1. The van der Waals surface area contributed by atoms with Gasteiger partial charge in [0, 0.05) is 11.1 Å². The third-order valence-corrected chi connectivity index (χ3v) is 3.42. The van der Waals surface area contributed by atoms with Gasteiger partial charge in [-0.1, -0.05) is 43.0 Å². The molecule has 3 rings (SSSR count). The van der Waals surface area contributed by atoms with Crippen LogP contribution in [0.15, 0.2) is 46.1 Å². The fraction of sp³-hybridized carbons (Fsp3) is 0.0588. The van der Waals surface area contributed by atoms with Crippen molar-refractivity contribution in [3.8, 4) is 11.3 Å². The normalized spacial score (nSPS) is 14.3. The zero-order valence-corrected chi connectivity index (χ0v) is 11.0. The minimum atomic E-state index is -0.457. The summed E-state index contributed by atoms with van der Waals surface area (Å²) in [6.45, 7) is 5.39. The Morgan fingerprint density at radius 1 is 1.10 bits per heavy atom. The Bertz CT molecular complexity index is 914. The van der Waals surface area contributed by atoms with Gasteiger partial charge >= 0.3 is 5.63 Å². The van der Waals surface area contributed by atoms with Gasteiger partial charge in [0.25, 0.3) is 0 Å². The molecule has 1 aliphatic carbocycles. The van der Waals surface area contributed by atoms with E-state index in [2.05, 4.69) is 6.58 Å². The van der Waals surface area contributed by atoms with Gasteiger partial charge in [0.15, 0.2) is 11.5 Å². The lowest BCUT2D eigenvalue weighted by Crippen LogP contribution is -2.41. The fourth-order valence-electron chi connectivity index (χ4n) is 2.57. The first-order valence-corrected chi connectivity index (χ1v) is 6.29. The number of carbonyl (C=O) groups excluding carboxylic acids is 1. The van der Waals surface area contributed by atoms with Crippen molar-refractivity contribution in [2.45, 2.75) is 6.92 Å². The lowest BCUT2D eigenvalue weighted by atomic mass is 10.1. The zero-order chi connectivity index (χ0) is 14.3. The summed E-state index contributed by atoms with van der Waals surface area (Å²) in [5.74, 6) is 0.260. The highest BCUT2D eigenvalue weighted by atomic mass is 16.4. The van der Waals surface area contributed by atoms with Crippen molar-refractivity contribution in [1.82, 2.24) is 0 Å². The molecule has 1 aromatic heterocycles. The minimum Gasteiger partial charge on any atom is -0.421 e. The monoisotopic (exact) mass is 264 g/mol. The van der Waals surface area contributed by atoms with E-state index in [-0.39, 0.29) is 5.78 Å². The van der Waals surface area contributed by atoms with Gasteiger partial charge in [-0.3, -0.25) is 4.79 Å². The molecule has 20 heavy (non-hydrogen) atoms. The van der Waals surface area contributed by atoms with Crippen molar-refractivity contribution in [2.75, 3.05) is 0 Å². The molecule has 3 heteroatoms. The summed E-state index contributed by atoms with van der Waals surface area (Å²) >= 11 is 0. The molecule has 0 atom stereocenters. The van der Waals surface area contributed by atoms with Gasteiger partial charge in [-0.05, 0) is 18.2 Å². The van der Waals surface area contributed by atoms with Crippen LogP contribution in [0.25, 0.3) is 23.5 Å². The average Bonchev–Trinajstić information content (AvgIpc) is 2.74. The van der Waals surface area contributed by atoms with Crippen LogP contribution in [0.1, 0.15) is 22.8 Å². The zero-order valence-electron chi connectivity index (χ0n) is 11.0. The fourth-order valence-corrected chi connectivity index (χ4v) is 2.57. The van der Waals surface area contributed by atoms with E-state index in [0.717, 1.165) is 0 Å². The Labute approximate surface area is 115 Å². The quantitative estimate of drug-likeness (QED) is 0.671. The van der Waals surface area contributed by atoms with Crippen molar-refractivity contribution in [2.24, 2.45) is 0 Å². The first kappa shape index (κ1) is 12.4. The van der Waals surface area contributed by atoms with Crippen LogP contribution in [0.5, 0.6) is 0 Å². The number of hydrogen-bond acceptors (Lipinski definition) is 3. The van der Waals surface area contributed by atoms with Gasteiger partial charge < -0.3 is 4.42 Å².